The number of esters is 1. The number of amides is 1. The van der Waals surface area contributed by atoms with Crippen LogP contribution in [0.4, 0.5) is 0 Å². The summed E-state index contributed by atoms with van der Waals surface area (Å²) in [6, 6.07) is -0.897. The van der Waals surface area contributed by atoms with Crippen molar-refractivity contribution in [2.24, 2.45) is 0 Å². The Kier molecular flexibility index (Phi) is 52.0. The van der Waals surface area contributed by atoms with E-state index in [0.29, 0.717) is 17.4 Å². The number of phosphoric acid groups is 1. The molecule has 0 rings (SSSR count). The Balaban J connectivity index is 5.21. The molecule has 0 saturated heterocycles. The van der Waals surface area contributed by atoms with Gasteiger partial charge in [-0.3, -0.25) is 14.2 Å². The van der Waals surface area contributed by atoms with E-state index in [9.17, 15) is 19.0 Å². The molecule has 0 radical (unpaired) electrons. The third kappa shape index (κ3) is 54.2. The lowest BCUT2D eigenvalue weighted by Crippen LogP contribution is -2.47. The lowest BCUT2D eigenvalue weighted by Gasteiger charge is -2.30. The fourth-order valence-electron chi connectivity index (χ4n) is 8.63. The summed E-state index contributed by atoms with van der Waals surface area (Å²) in [6.45, 7) is 6.70. The van der Waals surface area contributed by atoms with Crippen molar-refractivity contribution in [1.29, 1.82) is 0 Å². The van der Waals surface area contributed by atoms with Gasteiger partial charge >= 0.3 is 5.97 Å². The zero-order chi connectivity index (χ0) is 54.3. The van der Waals surface area contributed by atoms with Gasteiger partial charge in [0.15, 0.2) is 0 Å². The Morgan fingerprint density at radius 1 is 0.486 bits per heavy atom. The third-order valence-electron chi connectivity index (χ3n) is 13.4. The van der Waals surface area contributed by atoms with E-state index >= 15 is 0 Å². The minimum Gasteiger partial charge on any atom is -0.756 e. The largest absolute Gasteiger partial charge is 0.756 e. The smallest absolute Gasteiger partial charge is 0.306 e. The van der Waals surface area contributed by atoms with Crippen LogP contribution in [0.5, 0.6) is 0 Å². The van der Waals surface area contributed by atoms with Crippen LogP contribution in [0.15, 0.2) is 72.9 Å². The molecule has 0 spiro atoms. The first-order valence-corrected chi connectivity index (χ1v) is 32.2. The maximum absolute atomic E-state index is 13.5. The quantitative estimate of drug-likeness (QED) is 0.0212. The second kappa shape index (κ2) is 53.8. The molecule has 0 aromatic rings. The molecule has 0 aliphatic heterocycles. The molecule has 0 aromatic heterocycles. The fourth-order valence-corrected chi connectivity index (χ4v) is 9.35. The summed E-state index contributed by atoms with van der Waals surface area (Å²) in [5, 5.41) is 3.02. The summed E-state index contributed by atoms with van der Waals surface area (Å²) in [7, 11) is 1.17. The van der Waals surface area contributed by atoms with Crippen molar-refractivity contribution in [3.05, 3.63) is 72.9 Å². The van der Waals surface area contributed by atoms with Crippen molar-refractivity contribution >= 4 is 19.7 Å². The number of phosphoric ester groups is 1. The summed E-state index contributed by atoms with van der Waals surface area (Å²) >= 11 is 0. The number of hydrogen-bond acceptors (Lipinski definition) is 7. The zero-order valence-corrected chi connectivity index (χ0v) is 49.9. The number of rotatable bonds is 55. The van der Waals surface area contributed by atoms with Gasteiger partial charge in [0.25, 0.3) is 7.82 Å². The van der Waals surface area contributed by atoms with E-state index < -0.39 is 26.6 Å². The maximum atomic E-state index is 13.5. The molecule has 9 nitrogen and oxygen atoms in total. The van der Waals surface area contributed by atoms with Crippen LogP contribution in [-0.4, -0.2) is 69.4 Å². The molecule has 3 atom stereocenters. The molecule has 0 bridgehead atoms. The molecule has 430 valence electrons. The zero-order valence-electron chi connectivity index (χ0n) is 49.0. The second-order valence-electron chi connectivity index (χ2n) is 21.8. The van der Waals surface area contributed by atoms with Crippen LogP contribution in [0.25, 0.3) is 0 Å². The van der Waals surface area contributed by atoms with E-state index in [0.717, 1.165) is 109 Å². The Hall–Kier alpha value is -2.55. The molecule has 0 saturated carbocycles. The number of likely N-dealkylation sites (N-methyl/N-ethyl adjacent to an activating group) is 1. The SMILES string of the molecule is CC/C=C/C/C=C/C/C=C/CCCCCCCCC(=O)NC(COP(=O)([O-])OCC[N+](C)(C)C)C(/C=C/CCCCCCCCCCC)OC(=O)CCCCCCCCCCCCC/C=C\C/C=C\CCCCC. The number of quaternary nitrogens is 1. The van der Waals surface area contributed by atoms with Crippen molar-refractivity contribution < 1.29 is 37.3 Å². The van der Waals surface area contributed by atoms with E-state index in [1.807, 2.05) is 33.3 Å². The first-order chi connectivity index (χ1) is 35.9. The molecular weight excluding hydrogens is 940 g/mol. The van der Waals surface area contributed by atoms with E-state index in [2.05, 4.69) is 86.8 Å². The number of hydrogen-bond donors (Lipinski definition) is 1. The van der Waals surface area contributed by atoms with Gasteiger partial charge in [-0.1, -0.05) is 235 Å². The van der Waals surface area contributed by atoms with Crippen molar-refractivity contribution in [3.63, 3.8) is 0 Å². The molecule has 74 heavy (non-hydrogen) atoms. The van der Waals surface area contributed by atoms with E-state index in [4.69, 9.17) is 13.8 Å². The molecule has 10 heteroatoms. The average Bonchev–Trinajstić information content (AvgIpc) is 3.36. The minimum atomic E-state index is -4.70. The lowest BCUT2D eigenvalue weighted by molar-refractivity contribution is -0.870. The van der Waals surface area contributed by atoms with Crippen LogP contribution < -0.4 is 10.2 Å². The highest BCUT2D eigenvalue weighted by atomic mass is 31.2. The molecule has 0 aliphatic carbocycles. The van der Waals surface area contributed by atoms with Gasteiger partial charge in [-0.05, 0) is 96.0 Å². The van der Waals surface area contributed by atoms with E-state index in [1.54, 1.807) is 0 Å². The van der Waals surface area contributed by atoms with Crippen LogP contribution in [0.1, 0.15) is 271 Å². The fraction of sp³-hybridized carbons (Fsp3) is 0.781. The number of nitrogens with one attached hydrogen (secondary N) is 1. The third-order valence-corrected chi connectivity index (χ3v) is 14.3. The number of ether oxygens (including phenoxy) is 1. The van der Waals surface area contributed by atoms with E-state index in [1.165, 1.54) is 128 Å². The summed E-state index contributed by atoms with van der Waals surface area (Å²) < 4.78 is 30.3. The first-order valence-electron chi connectivity index (χ1n) is 30.7. The van der Waals surface area contributed by atoms with Crippen molar-refractivity contribution in [3.8, 4) is 0 Å². The molecule has 0 aromatic carbocycles. The van der Waals surface area contributed by atoms with Crippen molar-refractivity contribution in [1.82, 2.24) is 5.32 Å². The summed E-state index contributed by atoms with van der Waals surface area (Å²) in [4.78, 5) is 39.9. The topological polar surface area (TPSA) is 114 Å². The Labute approximate surface area is 457 Å². The Bertz CT molecular complexity index is 1500. The van der Waals surface area contributed by atoms with Crippen LogP contribution in [0.3, 0.4) is 0 Å². The van der Waals surface area contributed by atoms with Gasteiger partial charge in [0.1, 0.15) is 19.3 Å². The van der Waals surface area contributed by atoms with Crippen molar-refractivity contribution in [2.45, 2.75) is 283 Å². The lowest BCUT2D eigenvalue weighted by atomic mass is 10.0. The minimum absolute atomic E-state index is 0.0275. The average molecular weight is 1060 g/mol. The van der Waals surface area contributed by atoms with Gasteiger partial charge < -0.3 is 28.5 Å². The number of carbonyl (C=O) groups excluding carboxylic acids is 2. The van der Waals surface area contributed by atoms with Crippen molar-refractivity contribution in [2.75, 3.05) is 40.9 Å². The van der Waals surface area contributed by atoms with Gasteiger partial charge in [0.2, 0.25) is 5.91 Å². The van der Waals surface area contributed by atoms with Crippen LogP contribution in [-0.2, 0) is 27.9 Å². The molecule has 3 unspecified atom stereocenters. The Morgan fingerprint density at radius 2 is 0.865 bits per heavy atom. The number of unbranched alkanes of at least 4 members (excludes halogenated alkanes) is 29. The molecule has 0 heterocycles. The van der Waals surface area contributed by atoms with Crippen LogP contribution in [0, 0.1) is 0 Å². The standard InChI is InChI=1S/C64H117N2O7P/c1-7-10-13-16-19-22-25-27-29-31-32-33-34-35-37-39-42-45-48-51-54-57-64(68)73-62(55-52-49-46-43-40-24-21-18-15-12-9-3)61(60-72-74(69,70)71-59-58-66(4,5)6)65-63(67)56-53-50-47-44-41-38-36-30-28-26-23-20-17-14-11-8-2/h11,14,19-20,22-23,27-30,52,55,61-62H,7-10,12-13,15-18,21,24-26,31-51,53-54,56-60H2,1-6H3,(H-,65,67,69,70)/b14-11+,22-19-,23-20+,29-27-,30-28+,55-52+. The molecule has 1 N–H and O–H groups in total. The van der Waals surface area contributed by atoms with Crippen LogP contribution in [0.2, 0.25) is 0 Å². The maximum Gasteiger partial charge on any atom is 0.306 e. The molecule has 0 fully saturated rings. The molecular formula is C64H117N2O7P. The van der Waals surface area contributed by atoms with Gasteiger partial charge in [-0.25, -0.2) is 0 Å². The highest BCUT2D eigenvalue weighted by molar-refractivity contribution is 7.45. The number of nitrogens with zero attached hydrogens (tertiary/aromatic N) is 1. The predicted octanol–water partition coefficient (Wildman–Crippen LogP) is 18.2. The highest BCUT2D eigenvalue weighted by Crippen LogP contribution is 2.38. The predicted molar refractivity (Wildman–Crippen MR) is 316 cm³/mol. The van der Waals surface area contributed by atoms with Gasteiger partial charge in [0.05, 0.1) is 33.8 Å². The number of allylic oxidation sites excluding steroid dienone is 11. The van der Waals surface area contributed by atoms with Gasteiger partial charge in [0, 0.05) is 12.8 Å². The highest BCUT2D eigenvalue weighted by Gasteiger charge is 2.27. The molecule has 1 amide bonds. The second-order valence-corrected chi connectivity index (χ2v) is 23.2. The normalized spacial score (nSPS) is 14.2. The summed E-state index contributed by atoms with van der Waals surface area (Å²) in [5.74, 6) is -0.557. The molecule has 0 aliphatic rings. The van der Waals surface area contributed by atoms with Gasteiger partial charge in [-0.15, -0.1) is 0 Å². The number of carbonyl (C=O) groups is 2. The van der Waals surface area contributed by atoms with Crippen LogP contribution >= 0.6 is 7.82 Å². The summed E-state index contributed by atoms with van der Waals surface area (Å²) in [6.07, 6.45) is 68.7. The van der Waals surface area contributed by atoms with E-state index in [-0.39, 0.29) is 24.9 Å². The monoisotopic (exact) mass is 1060 g/mol. The first kappa shape index (κ1) is 71.5. The summed E-state index contributed by atoms with van der Waals surface area (Å²) in [5.41, 5.74) is 0. The Morgan fingerprint density at radius 3 is 1.32 bits per heavy atom. The van der Waals surface area contributed by atoms with Gasteiger partial charge in [-0.2, -0.15) is 0 Å².